The topological polar surface area (TPSA) is 40.5 Å². The third-order valence-corrected chi connectivity index (χ3v) is 1.20. The lowest BCUT2D eigenvalue weighted by atomic mass is 10.1. The lowest BCUT2D eigenvalue weighted by molar-refractivity contribution is 0.162. The summed E-state index contributed by atoms with van der Waals surface area (Å²) in [4.78, 5) is 0. The highest BCUT2D eigenvalue weighted by molar-refractivity contribution is 4.58. The summed E-state index contributed by atoms with van der Waals surface area (Å²) < 4.78 is 0. The van der Waals surface area contributed by atoms with Crippen LogP contribution in [-0.2, 0) is 0 Å². The van der Waals surface area contributed by atoms with Crippen LogP contribution in [0.25, 0.3) is 0 Å². The van der Waals surface area contributed by atoms with Crippen molar-refractivity contribution in [2.75, 3.05) is 0 Å². The van der Waals surface area contributed by atoms with Crippen molar-refractivity contribution < 1.29 is 10.2 Å². The van der Waals surface area contributed by atoms with Gasteiger partial charge in [0, 0.05) is 0 Å². The fraction of sp³-hybridized carbons (Fsp3) is 0.714. The van der Waals surface area contributed by atoms with E-state index in [1.54, 1.807) is 0 Å². The summed E-state index contributed by atoms with van der Waals surface area (Å²) in [6.45, 7) is 4.66. The Hall–Kier alpha value is -0.0800. The minimum Gasteiger partial charge on any atom is -0.393 e. The molecule has 0 fully saturated rings. The number of unbranched alkanes of at least 4 members (excludes halogenated alkanes) is 1. The molecule has 0 aromatic heterocycles. The number of rotatable bonds is 5. The van der Waals surface area contributed by atoms with Crippen molar-refractivity contribution in [3.8, 4) is 0 Å². The summed E-state index contributed by atoms with van der Waals surface area (Å²) in [5.41, 5.74) is 0. The molecule has 0 saturated carbocycles. The summed E-state index contributed by atoms with van der Waals surface area (Å²) in [5, 5.41) is 17.2. The van der Waals surface area contributed by atoms with Crippen LogP contribution >= 0.6 is 0 Å². The smallest absolute Gasteiger partial charge is 0.0799 e. The van der Waals surface area contributed by atoms with E-state index in [1.165, 1.54) is 0 Å². The molecule has 0 rings (SSSR count). The highest BCUT2D eigenvalue weighted by Gasteiger charge is 1.98. The van der Waals surface area contributed by atoms with Gasteiger partial charge in [0.15, 0.2) is 0 Å². The number of hydrogen-bond donors (Lipinski definition) is 2. The molecular weight excluding hydrogens is 116 g/mol. The van der Waals surface area contributed by atoms with Gasteiger partial charge in [-0.2, -0.15) is 0 Å². The minimum absolute atomic E-state index is 0.287. The maximum absolute atomic E-state index is 8.93. The van der Waals surface area contributed by atoms with Gasteiger partial charge in [-0.25, -0.2) is 0 Å². The molecular formula is C7H14O2. The van der Waals surface area contributed by atoms with Gasteiger partial charge >= 0.3 is 0 Å². The van der Waals surface area contributed by atoms with Crippen molar-refractivity contribution in [2.45, 2.75) is 31.8 Å². The van der Waals surface area contributed by atoms with E-state index in [-0.39, 0.29) is 6.10 Å². The van der Waals surface area contributed by atoms with Gasteiger partial charge in [0.25, 0.3) is 0 Å². The van der Waals surface area contributed by atoms with Crippen molar-refractivity contribution in [3.05, 3.63) is 13.5 Å². The molecule has 9 heavy (non-hydrogen) atoms. The van der Waals surface area contributed by atoms with Gasteiger partial charge in [0.05, 0.1) is 12.7 Å². The molecule has 0 aliphatic carbocycles. The molecule has 0 saturated heterocycles. The third kappa shape index (κ3) is 5.80. The summed E-state index contributed by atoms with van der Waals surface area (Å²) in [6.07, 6.45) is 2.51. The first-order valence-electron chi connectivity index (χ1n) is 3.24. The van der Waals surface area contributed by atoms with E-state index >= 15 is 0 Å². The second-order valence-corrected chi connectivity index (χ2v) is 2.06. The highest BCUT2D eigenvalue weighted by Crippen LogP contribution is 2.03. The quantitative estimate of drug-likeness (QED) is 0.550. The highest BCUT2D eigenvalue weighted by atomic mass is 16.3. The second-order valence-electron chi connectivity index (χ2n) is 2.06. The molecule has 0 heterocycles. The predicted octanol–water partition coefficient (Wildman–Crippen LogP) is 1.28. The second kappa shape index (κ2) is 6.05. The van der Waals surface area contributed by atoms with Gasteiger partial charge in [-0.15, -0.1) is 0 Å². The molecule has 0 bridgehead atoms. The van der Waals surface area contributed by atoms with Crippen LogP contribution in [0.1, 0.15) is 25.7 Å². The van der Waals surface area contributed by atoms with E-state index in [4.69, 9.17) is 10.2 Å². The number of hydrogen-bond acceptors (Lipinski definition) is 2. The lowest BCUT2D eigenvalue weighted by Gasteiger charge is -2.04. The molecule has 0 spiro atoms. The van der Waals surface area contributed by atoms with Gasteiger partial charge in [-0.05, 0) is 25.7 Å². The normalized spacial score (nSPS) is 13.7. The molecule has 0 aliphatic rings. The minimum atomic E-state index is -0.287. The van der Waals surface area contributed by atoms with Gasteiger partial charge < -0.3 is 10.2 Å². The standard InChI is InChI=1S/C7H14O2/c1-2-7(9)5-3-4-6-8/h6-9H,1-5H2. The molecule has 54 valence electrons. The first-order chi connectivity index (χ1) is 4.31. The maximum Gasteiger partial charge on any atom is 0.0799 e. The third-order valence-electron chi connectivity index (χ3n) is 1.20. The average Bonchev–Trinajstić information content (AvgIpc) is 1.89. The van der Waals surface area contributed by atoms with Gasteiger partial charge in [-0.1, -0.05) is 6.92 Å². The van der Waals surface area contributed by atoms with Crippen molar-refractivity contribution >= 4 is 0 Å². The van der Waals surface area contributed by atoms with Crippen LogP contribution < -0.4 is 0 Å². The summed E-state index contributed by atoms with van der Waals surface area (Å²) in [5.74, 6) is 0. The Morgan fingerprint density at radius 3 is 2.67 bits per heavy atom. The molecule has 2 N–H and O–H groups in total. The van der Waals surface area contributed by atoms with Gasteiger partial charge in [0.1, 0.15) is 0 Å². The summed E-state index contributed by atoms with van der Waals surface area (Å²) in [7, 11) is 0. The average molecular weight is 130 g/mol. The van der Waals surface area contributed by atoms with Crippen molar-refractivity contribution in [1.29, 1.82) is 0 Å². The van der Waals surface area contributed by atoms with Crippen LogP contribution in [0.5, 0.6) is 0 Å². The monoisotopic (exact) mass is 130 g/mol. The Morgan fingerprint density at radius 1 is 1.56 bits per heavy atom. The van der Waals surface area contributed by atoms with E-state index in [0.717, 1.165) is 19.4 Å². The van der Waals surface area contributed by atoms with Crippen LogP contribution in [0.3, 0.4) is 0 Å². The van der Waals surface area contributed by atoms with Crippen LogP contribution in [0, 0.1) is 13.5 Å². The molecule has 2 radical (unpaired) electrons. The maximum atomic E-state index is 8.93. The number of aliphatic hydroxyl groups is 2. The molecule has 2 heteroatoms. The van der Waals surface area contributed by atoms with Crippen molar-refractivity contribution in [3.63, 3.8) is 0 Å². The largest absolute Gasteiger partial charge is 0.393 e. The van der Waals surface area contributed by atoms with Crippen molar-refractivity contribution in [1.82, 2.24) is 0 Å². The first-order valence-corrected chi connectivity index (χ1v) is 3.24. The Morgan fingerprint density at radius 2 is 2.22 bits per heavy atom. The summed E-state index contributed by atoms with van der Waals surface area (Å²) in [6, 6.07) is 0. The Bertz CT molecular complexity index is 54.9. The van der Waals surface area contributed by atoms with Crippen LogP contribution in [-0.4, -0.2) is 16.3 Å². The molecule has 0 aromatic carbocycles. The SMILES string of the molecule is [CH2]CC(O)CCC[CH]O. The number of aliphatic hydroxyl groups excluding tert-OH is 2. The van der Waals surface area contributed by atoms with Gasteiger partial charge in [0.2, 0.25) is 0 Å². The molecule has 1 atom stereocenters. The molecule has 0 amide bonds. The van der Waals surface area contributed by atoms with Gasteiger partial charge in [-0.3, -0.25) is 0 Å². The molecule has 0 aromatic rings. The van der Waals surface area contributed by atoms with Crippen LogP contribution in [0.4, 0.5) is 0 Å². The fourth-order valence-corrected chi connectivity index (χ4v) is 0.589. The van der Waals surface area contributed by atoms with E-state index in [9.17, 15) is 0 Å². The van der Waals surface area contributed by atoms with Crippen LogP contribution in [0.15, 0.2) is 0 Å². The van der Waals surface area contributed by atoms with E-state index < -0.39 is 0 Å². The zero-order valence-electron chi connectivity index (χ0n) is 5.58. The van der Waals surface area contributed by atoms with E-state index in [1.807, 2.05) is 0 Å². The zero-order chi connectivity index (χ0) is 7.11. The van der Waals surface area contributed by atoms with Crippen LogP contribution in [0.2, 0.25) is 0 Å². The fourth-order valence-electron chi connectivity index (χ4n) is 0.589. The summed E-state index contributed by atoms with van der Waals surface area (Å²) >= 11 is 0. The van der Waals surface area contributed by atoms with E-state index in [2.05, 4.69) is 6.92 Å². The molecule has 1 unspecified atom stereocenters. The Kier molecular flexibility index (Phi) is 5.99. The van der Waals surface area contributed by atoms with Crippen molar-refractivity contribution in [2.24, 2.45) is 0 Å². The lowest BCUT2D eigenvalue weighted by Crippen LogP contribution is -2.03. The zero-order valence-corrected chi connectivity index (χ0v) is 5.58. The predicted molar refractivity (Wildman–Crippen MR) is 36.1 cm³/mol. The molecule has 2 nitrogen and oxygen atoms in total. The Labute approximate surface area is 56.5 Å². The molecule has 0 aliphatic heterocycles. The van der Waals surface area contributed by atoms with E-state index in [0.29, 0.717) is 12.8 Å². The Balaban J connectivity index is 2.88. The first kappa shape index (κ1) is 8.92.